The smallest absolute Gasteiger partial charge is 0.410 e. The zero-order valence-electron chi connectivity index (χ0n) is 16.8. The van der Waals surface area contributed by atoms with Crippen LogP contribution in [-0.4, -0.2) is 77.7 Å². The number of nitrogens with zero attached hydrogens (tertiary/aromatic N) is 3. The van der Waals surface area contributed by atoms with Gasteiger partial charge < -0.3 is 19.9 Å². The average molecular weight is 498 g/mol. The van der Waals surface area contributed by atoms with E-state index in [4.69, 9.17) is 4.74 Å². The van der Waals surface area contributed by atoms with Crippen LogP contribution in [0, 0.1) is 5.92 Å². The van der Waals surface area contributed by atoms with Crippen molar-refractivity contribution < 1.29 is 9.53 Å². The van der Waals surface area contributed by atoms with E-state index >= 15 is 0 Å². The number of amides is 1. The Morgan fingerprint density at radius 1 is 1.38 bits per heavy atom. The molecule has 1 unspecified atom stereocenters. The fourth-order valence-electron chi connectivity index (χ4n) is 2.92. The summed E-state index contributed by atoms with van der Waals surface area (Å²) in [5.74, 6) is 4.19. The summed E-state index contributed by atoms with van der Waals surface area (Å²) in [7, 11) is 0. The Morgan fingerprint density at radius 3 is 2.77 bits per heavy atom. The van der Waals surface area contributed by atoms with Crippen LogP contribution in [0.1, 0.15) is 41.0 Å². The summed E-state index contributed by atoms with van der Waals surface area (Å²) in [6, 6.07) is 0.277. The van der Waals surface area contributed by atoms with Crippen molar-refractivity contribution in [3.05, 3.63) is 0 Å². The summed E-state index contributed by atoms with van der Waals surface area (Å²) in [6.45, 7) is 14.1. The molecular formula is C18H35IN4O2S. The second kappa shape index (κ2) is 10.8. The Bertz CT molecular complexity index is 482. The molecule has 0 aromatic rings. The predicted octanol–water partition coefficient (Wildman–Crippen LogP) is 3.26. The minimum Gasteiger partial charge on any atom is -0.444 e. The lowest BCUT2D eigenvalue weighted by Crippen LogP contribution is -2.57. The molecule has 26 heavy (non-hydrogen) atoms. The lowest BCUT2D eigenvalue weighted by molar-refractivity contribution is 0.0137. The molecule has 0 saturated carbocycles. The molecular weight excluding hydrogens is 463 g/mol. The van der Waals surface area contributed by atoms with E-state index in [2.05, 4.69) is 29.1 Å². The van der Waals surface area contributed by atoms with Crippen LogP contribution in [0.4, 0.5) is 4.79 Å². The molecule has 1 fully saturated rings. The van der Waals surface area contributed by atoms with Crippen LogP contribution in [0.25, 0.3) is 0 Å². The maximum atomic E-state index is 12.2. The van der Waals surface area contributed by atoms with Gasteiger partial charge in [0.2, 0.25) is 0 Å². The number of thioether (sulfide) groups is 1. The van der Waals surface area contributed by atoms with Crippen LogP contribution in [-0.2, 0) is 4.74 Å². The predicted molar refractivity (Wildman–Crippen MR) is 121 cm³/mol. The number of guanidine groups is 1. The number of carbonyl (C=O) groups is 1. The number of ether oxygens (including phenoxy) is 1. The molecule has 1 saturated heterocycles. The molecule has 1 amide bonds. The summed E-state index contributed by atoms with van der Waals surface area (Å²) in [6.07, 6.45) is 0.939. The second-order valence-corrected chi connectivity index (χ2v) is 9.34. The third-order valence-electron chi connectivity index (χ3n) is 4.06. The van der Waals surface area contributed by atoms with Gasteiger partial charge in [0.1, 0.15) is 5.60 Å². The van der Waals surface area contributed by atoms with Crippen molar-refractivity contribution in [3.8, 4) is 0 Å². The third kappa shape index (κ3) is 7.70. The van der Waals surface area contributed by atoms with Gasteiger partial charge in [-0.05, 0) is 44.6 Å². The van der Waals surface area contributed by atoms with E-state index in [1.54, 1.807) is 0 Å². The van der Waals surface area contributed by atoms with Crippen molar-refractivity contribution in [2.75, 3.05) is 44.2 Å². The van der Waals surface area contributed by atoms with E-state index < -0.39 is 5.60 Å². The molecule has 2 rings (SSSR count). The molecule has 0 aromatic heterocycles. The molecule has 2 heterocycles. The van der Waals surface area contributed by atoms with Crippen LogP contribution in [0.15, 0.2) is 4.99 Å². The maximum absolute atomic E-state index is 12.2. The van der Waals surface area contributed by atoms with Gasteiger partial charge in [0, 0.05) is 26.2 Å². The lowest BCUT2D eigenvalue weighted by Gasteiger charge is -2.39. The quantitative estimate of drug-likeness (QED) is 0.450. The number of hydrogen-bond donors (Lipinski definition) is 1. The topological polar surface area (TPSA) is 57.2 Å². The minimum atomic E-state index is -0.444. The first-order valence-corrected chi connectivity index (χ1v) is 10.5. The summed E-state index contributed by atoms with van der Waals surface area (Å²) >= 11 is 2.02. The van der Waals surface area contributed by atoms with Crippen LogP contribution >= 0.6 is 35.7 Å². The minimum absolute atomic E-state index is 0. The summed E-state index contributed by atoms with van der Waals surface area (Å²) < 4.78 is 5.48. The first-order valence-electron chi connectivity index (χ1n) is 9.37. The van der Waals surface area contributed by atoms with Crippen molar-refractivity contribution in [2.45, 2.75) is 52.7 Å². The van der Waals surface area contributed by atoms with Gasteiger partial charge in [-0.2, -0.15) is 11.8 Å². The largest absolute Gasteiger partial charge is 0.444 e. The number of halogens is 1. The van der Waals surface area contributed by atoms with E-state index in [1.807, 2.05) is 37.4 Å². The van der Waals surface area contributed by atoms with Gasteiger partial charge in [0.05, 0.1) is 12.6 Å². The van der Waals surface area contributed by atoms with Crippen LogP contribution in [0.3, 0.4) is 0 Å². The van der Waals surface area contributed by atoms with Gasteiger partial charge in [-0.1, -0.05) is 13.8 Å². The van der Waals surface area contributed by atoms with E-state index in [9.17, 15) is 4.79 Å². The highest BCUT2D eigenvalue weighted by Crippen LogP contribution is 2.18. The Kier molecular flexibility index (Phi) is 9.85. The summed E-state index contributed by atoms with van der Waals surface area (Å²) in [5.41, 5.74) is -0.444. The highest BCUT2D eigenvalue weighted by atomic mass is 127. The zero-order chi connectivity index (χ0) is 18.4. The highest BCUT2D eigenvalue weighted by molar-refractivity contribution is 14.0. The molecule has 2 aliphatic rings. The number of carbonyl (C=O) groups excluding carboxylic acids is 1. The number of hydrogen-bond acceptors (Lipinski definition) is 6. The molecule has 1 atom stereocenters. The Labute approximate surface area is 179 Å². The van der Waals surface area contributed by atoms with Crippen molar-refractivity contribution in [3.63, 3.8) is 0 Å². The van der Waals surface area contributed by atoms with Gasteiger partial charge in [0.15, 0.2) is 5.96 Å². The van der Waals surface area contributed by atoms with Crippen LogP contribution in [0.5, 0.6) is 0 Å². The highest BCUT2D eigenvalue weighted by Gasteiger charge is 2.36. The average Bonchev–Trinajstić information content (AvgIpc) is 2.91. The Balaban J connectivity index is 0.00000338. The van der Waals surface area contributed by atoms with Crippen LogP contribution in [0.2, 0.25) is 0 Å². The molecule has 2 aliphatic heterocycles. The number of rotatable bonds is 6. The van der Waals surface area contributed by atoms with Crippen molar-refractivity contribution >= 4 is 47.8 Å². The van der Waals surface area contributed by atoms with Gasteiger partial charge in [-0.3, -0.25) is 4.99 Å². The molecule has 0 aromatic carbocycles. The van der Waals surface area contributed by atoms with E-state index in [0.29, 0.717) is 13.1 Å². The van der Waals surface area contributed by atoms with E-state index in [1.165, 1.54) is 11.5 Å². The Morgan fingerprint density at radius 2 is 2.12 bits per heavy atom. The number of fused-ring (bicyclic) bond motifs is 1. The van der Waals surface area contributed by atoms with Crippen molar-refractivity contribution in [1.29, 1.82) is 0 Å². The van der Waals surface area contributed by atoms with Gasteiger partial charge in [0.25, 0.3) is 0 Å². The first kappa shape index (κ1) is 23.7. The lowest BCUT2D eigenvalue weighted by atomic mass is 10.2. The van der Waals surface area contributed by atoms with Crippen molar-refractivity contribution in [1.82, 2.24) is 15.1 Å². The molecule has 0 bridgehead atoms. The molecule has 0 radical (unpaired) electrons. The normalized spacial score (nSPS) is 19.8. The first-order chi connectivity index (χ1) is 11.8. The van der Waals surface area contributed by atoms with Crippen molar-refractivity contribution in [2.24, 2.45) is 10.9 Å². The number of piperazine rings is 1. The fourth-order valence-corrected chi connectivity index (χ4v) is 3.90. The maximum Gasteiger partial charge on any atom is 0.410 e. The summed E-state index contributed by atoms with van der Waals surface area (Å²) in [4.78, 5) is 21.0. The standard InChI is InChI=1S/C18H34N4O2S.HI/c1-14(2)13-25-10-6-7-19-16-20-11-15-12-21(8-9-22(15)16)17(23)24-18(3,4)5;/h14-15H,6-13H2,1-5H3,(H,19,20);1H. The summed E-state index contributed by atoms with van der Waals surface area (Å²) in [5, 5.41) is 3.48. The van der Waals surface area contributed by atoms with E-state index in [0.717, 1.165) is 37.9 Å². The monoisotopic (exact) mass is 498 g/mol. The van der Waals surface area contributed by atoms with Gasteiger partial charge in [-0.15, -0.1) is 24.0 Å². The molecule has 1 N–H and O–H groups in total. The fraction of sp³-hybridized carbons (Fsp3) is 0.889. The Hall–Kier alpha value is -0.380. The zero-order valence-corrected chi connectivity index (χ0v) is 19.9. The van der Waals surface area contributed by atoms with Gasteiger partial charge in [-0.25, -0.2) is 4.79 Å². The number of aliphatic imine (C=N–C) groups is 1. The molecule has 8 heteroatoms. The third-order valence-corrected chi connectivity index (χ3v) is 5.54. The van der Waals surface area contributed by atoms with Crippen LogP contribution < -0.4 is 5.32 Å². The molecule has 6 nitrogen and oxygen atoms in total. The number of nitrogens with one attached hydrogen (secondary N) is 1. The van der Waals surface area contributed by atoms with Gasteiger partial charge >= 0.3 is 6.09 Å². The second-order valence-electron chi connectivity index (χ2n) is 8.19. The molecule has 152 valence electrons. The van der Waals surface area contributed by atoms with E-state index in [-0.39, 0.29) is 36.1 Å². The molecule has 0 spiro atoms. The SMILES string of the molecule is CC(C)CSCCCNC1=NCC2CN(C(=O)OC(C)(C)C)CCN12.I. The molecule has 0 aliphatic carbocycles.